The number of hydrogen-bond donors (Lipinski definition) is 3. The molecule has 0 radical (unpaired) electrons. The Labute approximate surface area is 88.7 Å². The first-order valence-electron chi connectivity index (χ1n) is 5.23. The van der Waals surface area contributed by atoms with Gasteiger partial charge in [0.1, 0.15) is 0 Å². The number of hydrogen-bond acceptors (Lipinski definition) is 2. The molecule has 0 aliphatic heterocycles. The summed E-state index contributed by atoms with van der Waals surface area (Å²) < 4.78 is 0. The van der Waals surface area contributed by atoms with Crippen LogP contribution in [0.2, 0.25) is 0 Å². The number of nitrogens with one attached hydrogen (secondary N) is 2. The third-order valence-corrected chi connectivity index (χ3v) is 2.92. The Morgan fingerprint density at radius 2 is 2.47 bits per heavy atom. The van der Waals surface area contributed by atoms with Crippen LogP contribution >= 0.6 is 0 Å². The summed E-state index contributed by atoms with van der Waals surface area (Å²) in [4.78, 5) is 14.4. The van der Waals surface area contributed by atoms with E-state index in [1.807, 2.05) is 0 Å². The zero-order chi connectivity index (χ0) is 10.9. The lowest BCUT2D eigenvalue weighted by atomic mass is 10.0. The van der Waals surface area contributed by atoms with Crippen molar-refractivity contribution >= 4 is 5.91 Å². The lowest BCUT2D eigenvalue weighted by Crippen LogP contribution is -2.42. The highest BCUT2D eigenvalue weighted by Crippen LogP contribution is 2.38. The summed E-state index contributed by atoms with van der Waals surface area (Å²) in [5.74, 6) is 0.209. The maximum atomic E-state index is 11.6. The summed E-state index contributed by atoms with van der Waals surface area (Å²) in [6.07, 6.45) is 5.47. The van der Waals surface area contributed by atoms with Crippen molar-refractivity contribution in [2.45, 2.75) is 25.4 Å². The predicted octanol–water partition coefficient (Wildman–Crippen LogP) is 0.906. The van der Waals surface area contributed by atoms with Crippen molar-refractivity contribution in [3.05, 3.63) is 24.0 Å². The Morgan fingerprint density at radius 1 is 1.73 bits per heavy atom. The molecule has 0 bridgehead atoms. The van der Waals surface area contributed by atoms with Crippen LogP contribution in [0.4, 0.5) is 0 Å². The van der Waals surface area contributed by atoms with Gasteiger partial charge in [-0.1, -0.05) is 0 Å². The summed E-state index contributed by atoms with van der Waals surface area (Å²) in [6.45, 7) is 2.10. The minimum atomic E-state index is -0.758. The van der Waals surface area contributed by atoms with Crippen molar-refractivity contribution in [2.75, 3.05) is 6.54 Å². The van der Waals surface area contributed by atoms with Crippen LogP contribution in [0.25, 0.3) is 0 Å². The van der Waals surface area contributed by atoms with Crippen LogP contribution in [0.1, 0.15) is 30.1 Å². The Kier molecular flexibility index (Phi) is 2.52. The molecule has 0 spiro atoms. The number of rotatable bonds is 4. The second-order valence-electron chi connectivity index (χ2n) is 4.41. The number of aromatic nitrogens is 1. The fraction of sp³-hybridized carbons (Fsp3) is 0.545. The van der Waals surface area contributed by atoms with E-state index in [4.69, 9.17) is 0 Å². The van der Waals surface area contributed by atoms with E-state index in [1.54, 1.807) is 25.4 Å². The highest BCUT2D eigenvalue weighted by molar-refractivity contribution is 5.93. The van der Waals surface area contributed by atoms with Crippen LogP contribution in [0.3, 0.4) is 0 Å². The van der Waals surface area contributed by atoms with Gasteiger partial charge >= 0.3 is 0 Å². The lowest BCUT2D eigenvalue weighted by molar-refractivity contribution is 0.0354. The fourth-order valence-corrected chi connectivity index (χ4v) is 1.68. The number of amides is 1. The second-order valence-corrected chi connectivity index (χ2v) is 4.41. The average Bonchev–Trinajstić information content (AvgIpc) is 2.92. The Bertz CT molecular complexity index is 339. The largest absolute Gasteiger partial charge is 0.388 e. The third kappa shape index (κ3) is 2.39. The van der Waals surface area contributed by atoms with Gasteiger partial charge in [-0.25, -0.2) is 0 Å². The maximum Gasteiger partial charge on any atom is 0.252 e. The van der Waals surface area contributed by atoms with Crippen LogP contribution in [0.15, 0.2) is 18.5 Å². The topological polar surface area (TPSA) is 65.1 Å². The quantitative estimate of drug-likeness (QED) is 0.688. The summed E-state index contributed by atoms with van der Waals surface area (Å²) in [5, 5.41) is 12.7. The Morgan fingerprint density at radius 3 is 3.00 bits per heavy atom. The first-order valence-corrected chi connectivity index (χ1v) is 5.23. The van der Waals surface area contributed by atoms with Crippen molar-refractivity contribution in [3.8, 4) is 0 Å². The van der Waals surface area contributed by atoms with Crippen LogP contribution < -0.4 is 5.32 Å². The molecule has 15 heavy (non-hydrogen) atoms. The lowest BCUT2D eigenvalue weighted by Gasteiger charge is -2.23. The molecule has 1 saturated carbocycles. The summed E-state index contributed by atoms with van der Waals surface area (Å²) in [5.41, 5.74) is -0.159. The molecule has 2 rings (SSSR count). The van der Waals surface area contributed by atoms with E-state index in [2.05, 4.69) is 10.3 Å². The second kappa shape index (κ2) is 3.70. The predicted molar refractivity (Wildman–Crippen MR) is 56.5 cm³/mol. The van der Waals surface area contributed by atoms with E-state index in [-0.39, 0.29) is 5.91 Å². The number of carbonyl (C=O) groups is 1. The van der Waals surface area contributed by atoms with Crippen molar-refractivity contribution in [1.29, 1.82) is 0 Å². The van der Waals surface area contributed by atoms with Crippen molar-refractivity contribution in [3.63, 3.8) is 0 Å². The SMILES string of the molecule is CC(O)(CNC(=O)c1cc[nH]c1)C1CC1. The molecule has 1 amide bonds. The molecule has 1 aromatic heterocycles. The Balaban J connectivity index is 1.85. The van der Waals surface area contributed by atoms with Crippen LogP contribution in [-0.4, -0.2) is 28.1 Å². The van der Waals surface area contributed by atoms with Gasteiger partial charge in [-0.05, 0) is 31.7 Å². The van der Waals surface area contributed by atoms with E-state index < -0.39 is 5.60 Å². The number of carbonyl (C=O) groups excluding carboxylic acids is 1. The molecule has 4 heteroatoms. The summed E-state index contributed by atoms with van der Waals surface area (Å²) in [6, 6.07) is 1.71. The molecule has 1 aromatic rings. The molecule has 4 nitrogen and oxygen atoms in total. The van der Waals surface area contributed by atoms with Gasteiger partial charge < -0.3 is 15.4 Å². The first-order chi connectivity index (χ1) is 7.09. The van der Waals surface area contributed by atoms with Gasteiger partial charge in [0.2, 0.25) is 0 Å². The van der Waals surface area contributed by atoms with Crippen LogP contribution in [0.5, 0.6) is 0 Å². The number of H-pyrrole nitrogens is 1. The molecule has 0 aromatic carbocycles. The monoisotopic (exact) mass is 208 g/mol. The van der Waals surface area contributed by atoms with Gasteiger partial charge in [-0.2, -0.15) is 0 Å². The van der Waals surface area contributed by atoms with E-state index in [0.717, 1.165) is 12.8 Å². The van der Waals surface area contributed by atoms with E-state index >= 15 is 0 Å². The summed E-state index contributed by atoms with van der Waals surface area (Å²) >= 11 is 0. The standard InChI is InChI=1S/C11H16N2O2/c1-11(15,9-2-3-9)7-13-10(14)8-4-5-12-6-8/h4-6,9,12,15H,2-3,7H2,1H3,(H,13,14). The van der Waals surface area contributed by atoms with Gasteiger partial charge in [0, 0.05) is 18.9 Å². The zero-order valence-corrected chi connectivity index (χ0v) is 8.79. The molecule has 1 unspecified atom stereocenters. The Hall–Kier alpha value is -1.29. The molecule has 1 aliphatic carbocycles. The molecule has 1 atom stereocenters. The van der Waals surface area contributed by atoms with Crippen molar-refractivity contribution in [1.82, 2.24) is 10.3 Å². The minimum Gasteiger partial charge on any atom is -0.388 e. The first kappa shape index (κ1) is 10.2. The van der Waals surface area contributed by atoms with Crippen molar-refractivity contribution in [2.24, 2.45) is 5.92 Å². The van der Waals surface area contributed by atoms with Crippen LogP contribution in [0, 0.1) is 5.92 Å². The summed E-state index contributed by atoms with van der Waals surface area (Å²) in [7, 11) is 0. The molecular weight excluding hydrogens is 192 g/mol. The van der Waals surface area contributed by atoms with Gasteiger partial charge in [0.25, 0.3) is 5.91 Å². The maximum absolute atomic E-state index is 11.6. The highest BCUT2D eigenvalue weighted by Gasteiger charge is 2.39. The smallest absolute Gasteiger partial charge is 0.252 e. The average molecular weight is 208 g/mol. The highest BCUT2D eigenvalue weighted by atomic mass is 16.3. The van der Waals surface area contributed by atoms with E-state index in [9.17, 15) is 9.90 Å². The zero-order valence-electron chi connectivity index (χ0n) is 8.79. The van der Waals surface area contributed by atoms with E-state index in [1.165, 1.54) is 0 Å². The third-order valence-electron chi connectivity index (χ3n) is 2.92. The molecule has 82 valence electrons. The molecule has 1 heterocycles. The van der Waals surface area contributed by atoms with Gasteiger partial charge in [0.05, 0.1) is 11.2 Å². The number of aliphatic hydroxyl groups is 1. The molecule has 3 N–H and O–H groups in total. The van der Waals surface area contributed by atoms with Crippen molar-refractivity contribution < 1.29 is 9.90 Å². The van der Waals surface area contributed by atoms with Crippen LogP contribution in [-0.2, 0) is 0 Å². The molecule has 1 fully saturated rings. The molecular formula is C11H16N2O2. The fourth-order valence-electron chi connectivity index (χ4n) is 1.68. The van der Waals surface area contributed by atoms with Gasteiger partial charge in [0.15, 0.2) is 0 Å². The van der Waals surface area contributed by atoms with E-state index in [0.29, 0.717) is 18.0 Å². The minimum absolute atomic E-state index is 0.142. The molecule has 0 saturated heterocycles. The van der Waals surface area contributed by atoms with Gasteiger partial charge in [-0.15, -0.1) is 0 Å². The van der Waals surface area contributed by atoms with Gasteiger partial charge in [-0.3, -0.25) is 4.79 Å². The normalized spacial score (nSPS) is 19.6. The molecule has 1 aliphatic rings. The number of aromatic amines is 1.